The highest BCUT2D eigenvalue weighted by atomic mass is 32.1. The van der Waals surface area contributed by atoms with Gasteiger partial charge in [0.15, 0.2) is 0 Å². The number of hydrogen-bond acceptors (Lipinski definition) is 5. The molecule has 0 fully saturated rings. The lowest BCUT2D eigenvalue weighted by Gasteiger charge is -2.19. The van der Waals surface area contributed by atoms with E-state index in [1.54, 1.807) is 31.2 Å². The van der Waals surface area contributed by atoms with Crippen LogP contribution in [-0.2, 0) is 4.79 Å². The number of thiophene rings is 1. The lowest BCUT2D eigenvalue weighted by atomic mass is 10.1. The number of para-hydroxylation sites is 1. The van der Waals surface area contributed by atoms with Crippen LogP contribution in [0.15, 0.2) is 64.8 Å². The van der Waals surface area contributed by atoms with Crippen LogP contribution in [0.25, 0.3) is 21.6 Å². The van der Waals surface area contributed by atoms with Crippen molar-refractivity contribution in [1.82, 2.24) is 9.55 Å². The maximum absolute atomic E-state index is 13.5. The van der Waals surface area contributed by atoms with Crippen LogP contribution in [0.4, 0.5) is 5.69 Å². The smallest absolute Gasteiger partial charge is 0.337 e. The average molecular weight is 433 g/mol. The van der Waals surface area contributed by atoms with Crippen molar-refractivity contribution < 1.29 is 14.7 Å². The number of anilines is 1. The van der Waals surface area contributed by atoms with Crippen LogP contribution in [0.2, 0.25) is 0 Å². The van der Waals surface area contributed by atoms with Crippen molar-refractivity contribution >= 4 is 39.1 Å². The van der Waals surface area contributed by atoms with Crippen LogP contribution in [-0.4, -0.2) is 26.5 Å². The summed E-state index contributed by atoms with van der Waals surface area (Å²) in [5.74, 6) is -1.30. The summed E-state index contributed by atoms with van der Waals surface area (Å²) in [4.78, 5) is 43.0. The molecule has 8 heteroatoms. The molecule has 1 atom stereocenters. The number of aromatic nitrogens is 2. The van der Waals surface area contributed by atoms with Gasteiger partial charge in [-0.3, -0.25) is 14.2 Å². The number of nitrogens with zero attached hydrogens (tertiary/aromatic N) is 2. The Morgan fingerprint density at radius 1 is 1.10 bits per heavy atom. The molecule has 0 aliphatic heterocycles. The third-order valence-corrected chi connectivity index (χ3v) is 5.86. The second-order valence-corrected chi connectivity index (χ2v) is 8.00. The first-order valence-corrected chi connectivity index (χ1v) is 10.4. The quantitative estimate of drug-likeness (QED) is 0.488. The molecule has 0 aliphatic rings. The van der Waals surface area contributed by atoms with Gasteiger partial charge in [-0.2, -0.15) is 0 Å². The zero-order valence-corrected chi connectivity index (χ0v) is 17.6. The van der Waals surface area contributed by atoms with Crippen molar-refractivity contribution in [3.8, 4) is 11.4 Å². The summed E-state index contributed by atoms with van der Waals surface area (Å²) in [6.45, 7) is 3.54. The molecule has 0 spiro atoms. The van der Waals surface area contributed by atoms with Crippen LogP contribution in [0.3, 0.4) is 0 Å². The molecule has 1 amide bonds. The second kappa shape index (κ2) is 8.16. The third kappa shape index (κ3) is 3.85. The number of carboxylic acids is 1. The molecular weight excluding hydrogens is 414 g/mol. The largest absolute Gasteiger partial charge is 0.478 e. The van der Waals surface area contributed by atoms with Gasteiger partial charge in [-0.25, -0.2) is 9.78 Å². The molecule has 2 aromatic heterocycles. The standard InChI is InChI=1S/C23H19N3O4S/c1-13-8-10-15(11-9-13)19-25-21-18(17(12-31-21)23(29)30)22(28)26(19)14(2)20(27)24-16-6-4-3-5-7-16/h3-12,14H,1-2H3,(H,24,27)(H,29,30). The number of hydrogen-bond donors (Lipinski definition) is 2. The van der Waals surface area contributed by atoms with E-state index < -0.39 is 23.5 Å². The van der Waals surface area contributed by atoms with Gasteiger partial charge >= 0.3 is 5.97 Å². The van der Waals surface area contributed by atoms with Gasteiger partial charge in [-0.05, 0) is 26.0 Å². The van der Waals surface area contributed by atoms with E-state index in [-0.39, 0.29) is 10.9 Å². The fourth-order valence-corrected chi connectivity index (χ4v) is 4.21. The topological polar surface area (TPSA) is 101 Å². The highest BCUT2D eigenvalue weighted by Gasteiger charge is 2.26. The first-order valence-electron chi connectivity index (χ1n) is 9.57. The summed E-state index contributed by atoms with van der Waals surface area (Å²) < 4.78 is 1.27. The molecular formula is C23H19N3O4S. The number of amides is 1. The first kappa shape index (κ1) is 20.5. The van der Waals surface area contributed by atoms with Gasteiger partial charge in [0.05, 0.1) is 10.9 Å². The van der Waals surface area contributed by atoms with Gasteiger partial charge in [0.2, 0.25) is 5.91 Å². The van der Waals surface area contributed by atoms with Crippen LogP contribution < -0.4 is 10.9 Å². The highest BCUT2D eigenvalue weighted by Crippen LogP contribution is 2.27. The molecule has 0 radical (unpaired) electrons. The maximum atomic E-state index is 13.5. The monoisotopic (exact) mass is 433 g/mol. The fourth-order valence-electron chi connectivity index (χ4n) is 3.31. The predicted octanol–water partition coefficient (Wildman–Crippen LogP) is 4.33. The summed E-state index contributed by atoms with van der Waals surface area (Å²) >= 11 is 1.09. The molecule has 4 rings (SSSR count). The van der Waals surface area contributed by atoms with Crippen molar-refractivity contribution in [3.05, 3.63) is 81.5 Å². The minimum Gasteiger partial charge on any atom is -0.478 e. The van der Waals surface area contributed by atoms with Crippen LogP contribution in [0.1, 0.15) is 28.9 Å². The molecule has 4 aromatic rings. The molecule has 0 saturated carbocycles. The van der Waals surface area contributed by atoms with Crippen molar-refractivity contribution in [2.45, 2.75) is 19.9 Å². The van der Waals surface area contributed by atoms with E-state index in [1.165, 1.54) is 9.95 Å². The fraction of sp³-hybridized carbons (Fsp3) is 0.130. The SMILES string of the molecule is Cc1ccc(-c2nc3scc(C(=O)O)c3c(=O)n2C(C)C(=O)Nc2ccccc2)cc1. The Kier molecular flexibility index (Phi) is 5.39. The molecule has 2 heterocycles. The molecule has 0 bridgehead atoms. The third-order valence-electron chi connectivity index (χ3n) is 4.99. The molecule has 2 N–H and O–H groups in total. The Labute approximate surface area is 181 Å². The molecule has 1 unspecified atom stereocenters. The van der Waals surface area contributed by atoms with Crippen molar-refractivity contribution in [1.29, 1.82) is 0 Å². The van der Waals surface area contributed by atoms with Gasteiger partial charge in [-0.1, -0.05) is 48.0 Å². The van der Waals surface area contributed by atoms with Crippen LogP contribution >= 0.6 is 11.3 Å². The summed E-state index contributed by atoms with van der Waals surface area (Å²) in [5.41, 5.74) is 1.62. The summed E-state index contributed by atoms with van der Waals surface area (Å²) in [6.07, 6.45) is 0. The Hall–Kier alpha value is -3.78. The average Bonchev–Trinajstić information content (AvgIpc) is 3.19. The van der Waals surface area contributed by atoms with E-state index in [0.717, 1.165) is 16.9 Å². The second-order valence-electron chi connectivity index (χ2n) is 7.14. The van der Waals surface area contributed by atoms with Crippen LogP contribution in [0, 0.1) is 6.92 Å². The molecule has 0 saturated heterocycles. The minimum absolute atomic E-state index is 0.00715. The van der Waals surface area contributed by atoms with Gasteiger partial charge < -0.3 is 10.4 Å². The summed E-state index contributed by atoms with van der Waals surface area (Å²) in [7, 11) is 0. The molecule has 2 aromatic carbocycles. The number of aromatic carboxylic acids is 1. The normalized spacial score (nSPS) is 11.9. The number of rotatable bonds is 5. The Morgan fingerprint density at radius 3 is 2.42 bits per heavy atom. The van der Waals surface area contributed by atoms with Gasteiger partial charge in [0.25, 0.3) is 5.56 Å². The lowest BCUT2D eigenvalue weighted by Crippen LogP contribution is -2.33. The Bertz CT molecular complexity index is 1340. The maximum Gasteiger partial charge on any atom is 0.337 e. The zero-order valence-electron chi connectivity index (χ0n) is 16.8. The summed E-state index contributed by atoms with van der Waals surface area (Å²) in [5, 5.41) is 13.7. The number of carbonyl (C=O) groups is 2. The molecule has 156 valence electrons. The number of nitrogens with one attached hydrogen (secondary N) is 1. The minimum atomic E-state index is -1.21. The number of benzene rings is 2. The summed E-state index contributed by atoms with van der Waals surface area (Å²) in [6, 6.07) is 15.4. The van der Waals surface area contributed by atoms with E-state index in [4.69, 9.17) is 0 Å². The molecule has 7 nitrogen and oxygen atoms in total. The number of carbonyl (C=O) groups excluding carboxylic acids is 1. The van der Waals surface area contributed by atoms with Gasteiger partial charge in [-0.15, -0.1) is 11.3 Å². The highest BCUT2D eigenvalue weighted by molar-refractivity contribution is 7.17. The van der Waals surface area contributed by atoms with E-state index in [9.17, 15) is 19.5 Å². The van der Waals surface area contributed by atoms with Crippen molar-refractivity contribution in [2.75, 3.05) is 5.32 Å². The Morgan fingerprint density at radius 2 is 1.77 bits per heavy atom. The van der Waals surface area contributed by atoms with E-state index in [0.29, 0.717) is 21.9 Å². The number of carboxylic acid groups (broad SMARTS) is 1. The van der Waals surface area contributed by atoms with Crippen molar-refractivity contribution in [2.24, 2.45) is 0 Å². The first-order chi connectivity index (χ1) is 14.9. The number of aryl methyl sites for hydroxylation is 1. The zero-order chi connectivity index (χ0) is 22.1. The van der Waals surface area contributed by atoms with Gasteiger partial charge in [0.1, 0.15) is 16.7 Å². The molecule has 0 aliphatic carbocycles. The lowest BCUT2D eigenvalue weighted by molar-refractivity contribution is -0.118. The van der Waals surface area contributed by atoms with Crippen molar-refractivity contribution in [3.63, 3.8) is 0 Å². The Balaban J connectivity index is 1.91. The number of fused-ring (bicyclic) bond motifs is 1. The van der Waals surface area contributed by atoms with Gasteiger partial charge in [0, 0.05) is 16.6 Å². The molecule has 31 heavy (non-hydrogen) atoms. The van der Waals surface area contributed by atoms with E-state index in [1.807, 2.05) is 37.3 Å². The van der Waals surface area contributed by atoms with E-state index in [2.05, 4.69) is 10.3 Å². The predicted molar refractivity (Wildman–Crippen MR) is 121 cm³/mol. The van der Waals surface area contributed by atoms with Crippen LogP contribution in [0.5, 0.6) is 0 Å². The van der Waals surface area contributed by atoms with E-state index >= 15 is 0 Å².